The van der Waals surface area contributed by atoms with Crippen molar-refractivity contribution < 1.29 is 27.7 Å². The van der Waals surface area contributed by atoms with Gasteiger partial charge in [0.1, 0.15) is 18.4 Å². The molecule has 0 saturated heterocycles. The van der Waals surface area contributed by atoms with Crippen LogP contribution in [0.4, 0.5) is 0 Å². The zero-order valence-electron chi connectivity index (χ0n) is 23.1. The molecule has 0 aliphatic rings. The molecule has 0 saturated carbocycles. The number of hydrogen-bond donors (Lipinski definition) is 2. The van der Waals surface area contributed by atoms with Crippen LogP contribution in [0.2, 0.25) is 0 Å². The molecule has 0 aliphatic heterocycles. The van der Waals surface area contributed by atoms with E-state index >= 15 is 0 Å². The number of hydrogen-bond acceptors (Lipinski definition) is 3. The van der Waals surface area contributed by atoms with Crippen molar-refractivity contribution in [3.63, 3.8) is 0 Å². The topological polar surface area (TPSA) is 41.5 Å². The second-order valence-corrected chi connectivity index (χ2v) is 3.70. The van der Waals surface area contributed by atoms with Gasteiger partial charge in [0.25, 0.3) is 0 Å². The summed E-state index contributed by atoms with van der Waals surface area (Å²) in [4.78, 5) is 0. The predicted molar refractivity (Wildman–Crippen MR) is 78.6 cm³/mol. The van der Waals surface area contributed by atoms with Gasteiger partial charge >= 0.3 is 0 Å². The van der Waals surface area contributed by atoms with Gasteiger partial charge in [0, 0.05) is 23.4 Å². The van der Waals surface area contributed by atoms with Crippen molar-refractivity contribution in [2.75, 3.05) is 13.1 Å². The lowest BCUT2D eigenvalue weighted by molar-refractivity contribution is 0.105. The molecule has 2 unspecified atom stereocenters. The van der Waals surface area contributed by atoms with Crippen LogP contribution in [0, 0.1) is 0 Å². The van der Waals surface area contributed by atoms with Crippen molar-refractivity contribution in [1.82, 2.24) is 5.32 Å². The maximum Gasteiger partial charge on any atom is 0.127 e. The monoisotopic (exact) mass is 272 g/mol. The van der Waals surface area contributed by atoms with Crippen molar-refractivity contribution in [3.8, 4) is 5.75 Å². The van der Waals surface area contributed by atoms with Gasteiger partial charge in [0.15, 0.2) is 0 Å². The Balaban J connectivity index is 2.56. The van der Waals surface area contributed by atoms with Crippen LogP contribution in [0.15, 0.2) is 42.3 Å². The van der Waals surface area contributed by atoms with E-state index in [4.69, 9.17) is 22.6 Å². The summed E-state index contributed by atoms with van der Waals surface area (Å²) in [5.74, 6) is -0.776. The summed E-state index contributed by atoms with van der Waals surface area (Å²) in [6.45, 7) is -5.57. The van der Waals surface area contributed by atoms with Crippen LogP contribution in [-0.2, 0) is 0 Å². The van der Waals surface area contributed by atoms with E-state index in [0.29, 0.717) is 0 Å². The van der Waals surface area contributed by atoms with E-state index < -0.39 is 90.9 Å². The van der Waals surface area contributed by atoms with Gasteiger partial charge in [0.05, 0.1) is 12.3 Å². The van der Waals surface area contributed by atoms with Gasteiger partial charge in [-0.3, -0.25) is 0 Å². The summed E-state index contributed by atoms with van der Waals surface area (Å²) in [6, 6.07) is -7.31. The number of benzene rings is 2. The van der Waals surface area contributed by atoms with Crippen LogP contribution < -0.4 is 10.1 Å². The van der Waals surface area contributed by atoms with Crippen molar-refractivity contribution in [2.45, 2.75) is 25.9 Å². The molecule has 0 bridgehead atoms. The number of aliphatic hydroxyl groups is 1. The molecule has 0 aliphatic carbocycles. The minimum absolute atomic E-state index is 0.448. The van der Waals surface area contributed by atoms with E-state index in [-0.39, 0.29) is 0 Å². The fourth-order valence-electron chi connectivity index (χ4n) is 1.28. The molecule has 19 heavy (non-hydrogen) atoms. The number of fused-ring (bicyclic) bond motifs is 1. The average Bonchev–Trinajstić information content (AvgIpc) is 2.68. The first-order valence-corrected chi connectivity index (χ1v) is 5.47. The van der Waals surface area contributed by atoms with Crippen LogP contribution in [-0.4, -0.2) is 30.3 Å². The highest BCUT2D eigenvalue weighted by Crippen LogP contribution is 2.25. The number of rotatable bonds is 6. The lowest BCUT2D eigenvalue weighted by atomic mass is 10.1. The molecule has 0 heterocycles. The second kappa shape index (κ2) is 6.55. The van der Waals surface area contributed by atoms with Crippen LogP contribution in [0.3, 0.4) is 0 Å². The summed E-state index contributed by atoms with van der Waals surface area (Å²) in [7, 11) is 0. The summed E-state index contributed by atoms with van der Waals surface area (Å²) in [6.07, 6.45) is -2.08. The fraction of sp³-hybridized carbons (Fsp3) is 0.375. The molecule has 102 valence electrons. The molecule has 2 N–H and O–H groups in total. The van der Waals surface area contributed by atoms with E-state index in [1.807, 2.05) is 0 Å². The van der Waals surface area contributed by atoms with Crippen LogP contribution in [0.25, 0.3) is 10.8 Å². The first-order valence-electron chi connectivity index (χ1n) is 12.0. The van der Waals surface area contributed by atoms with E-state index in [1.54, 1.807) is 0 Å². The maximum absolute atomic E-state index is 10.3. The van der Waals surface area contributed by atoms with Crippen molar-refractivity contribution in [3.05, 3.63) is 42.3 Å². The molecule has 0 aromatic heterocycles. The molecule has 2 atom stereocenters. The predicted octanol–water partition coefficient (Wildman–Crippen LogP) is 2.58. The molecular formula is C16H21NO2. The molecule has 2 aromatic rings. The standard InChI is InChI=1S/C16H21NO2/c1-12(2)17-10-14(18)11-19-16-9-5-7-13-6-3-4-8-15(13)16/h3-9,12,14,17-18H,10-11H2,1-2H3/i1D3,3D,4D,5D,6D,7D,8D,9D,11D2,12D. The van der Waals surface area contributed by atoms with Gasteiger partial charge in [0.2, 0.25) is 0 Å². The molecule has 2 aromatic carbocycles. The summed E-state index contributed by atoms with van der Waals surface area (Å²) in [5.41, 5.74) is 0. The highest BCUT2D eigenvalue weighted by atomic mass is 16.5. The summed E-state index contributed by atoms with van der Waals surface area (Å²) in [5, 5.41) is 11.5. The normalized spacial score (nSPS) is 27.2. The van der Waals surface area contributed by atoms with Crippen LogP contribution in [0.1, 0.15) is 31.6 Å². The van der Waals surface area contributed by atoms with Gasteiger partial charge in [-0.25, -0.2) is 0 Å². The first kappa shape index (κ1) is 4.76. The molecule has 0 amide bonds. The Morgan fingerprint density at radius 3 is 3.05 bits per heavy atom. The Kier molecular flexibility index (Phi) is 1.64. The molecule has 3 heteroatoms. The van der Waals surface area contributed by atoms with Crippen molar-refractivity contribution in [2.24, 2.45) is 0 Å². The lowest BCUT2D eigenvalue weighted by Gasteiger charge is -2.15. The van der Waals surface area contributed by atoms with E-state index in [0.717, 1.165) is 6.92 Å². The van der Waals surface area contributed by atoms with Gasteiger partial charge in [-0.1, -0.05) is 50.0 Å². The summed E-state index contributed by atoms with van der Waals surface area (Å²) < 4.78 is 106. The average molecular weight is 272 g/mol. The fourth-order valence-corrected chi connectivity index (χ4v) is 1.28. The minimum atomic E-state index is -3.03. The van der Waals surface area contributed by atoms with Crippen molar-refractivity contribution in [1.29, 1.82) is 0 Å². The lowest BCUT2D eigenvalue weighted by Crippen LogP contribution is -2.35. The highest BCUT2D eigenvalue weighted by Gasteiger charge is 2.07. The van der Waals surface area contributed by atoms with Gasteiger partial charge in [-0.2, -0.15) is 0 Å². The number of aliphatic hydroxyl groups excluding tert-OH is 1. The summed E-state index contributed by atoms with van der Waals surface area (Å²) >= 11 is 0. The van der Waals surface area contributed by atoms with E-state index in [9.17, 15) is 5.11 Å². The Morgan fingerprint density at radius 2 is 2.21 bits per heavy atom. The van der Waals surface area contributed by atoms with Gasteiger partial charge in [-0.15, -0.1) is 0 Å². The zero-order chi connectivity index (χ0) is 25.0. The quantitative estimate of drug-likeness (QED) is 0.849. The SMILES string of the molecule is [2H]c1c([2H])c([2H])c2c(OC([2H])([2H])C(O)CNC([2H])(C)C([2H])([2H])[2H])c([2H])c([2H])c([2H])c2c1[2H]. The smallest absolute Gasteiger partial charge is 0.127 e. The third-order valence-corrected chi connectivity index (χ3v) is 2.14. The van der Waals surface area contributed by atoms with Crippen molar-refractivity contribution >= 4 is 10.8 Å². The Labute approximate surface area is 132 Å². The van der Waals surface area contributed by atoms with E-state index in [2.05, 4.69) is 5.32 Å². The number of nitrogens with one attached hydrogen (secondary N) is 1. The molecule has 0 radical (unpaired) electrons. The Morgan fingerprint density at radius 1 is 1.42 bits per heavy atom. The Bertz CT molecular complexity index is 1040. The van der Waals surface area contributed by atoms with Gasteiger partial charge < -0.3 is 15.2 Å². The molecule has 0 fully saturated rings. The maximum atomic E-state index is 10.3. The third kappa shape index (κ3) is 3.94. The van der Waals surface area contributed by atoms with Gasteiger partial charge in [-0.05, 0) is 11.4 Å². The minimum Gasteiger partial charge on any atom is -0.490 e. The molecule has 2 rings (SSSR count). The van der Waals surface area contributed by atoms with E-state index in [1.165, 1.54) is 0 Å². The largest absolute Gasteiger partial charge is 0.490 e. The zero-order valence-corrected chi connectivity index (χ0v) is 10.1. The molecule has 3 nitrogen and oxygen atoms in total. The van der Waals surface area contributed by atoms with Crippen LogP contribution >= 0.6 is 0 Å². The third-order valence-electron chi connectivity index (χ3n) is 2.14. The highest BCUT2D eigenvalue weighted by molar-refractivity contribution is 5.88. The molecule has 0 spiro atoms. The molecular weight excluding hydrogens is 238 g/mol. The van der Waals surface area contributed by atoms with Crippen LogP contribution in [0.5, 0.6) is 5.75 Å². The second-order valence-electron chi connectivity index (χ2n) is 3.70. The number of ether oxygens (including phenoxy) is 1. The Hall–Kier alpha value is -1.58. The first-order chi connectivity index (χ1) is 14.3.